The quantitative estimate of drug-likeness (QED) is 0.0635. The second kappa shape index (κ2) is 12.0. The van der Waals surface area contributed by atoms with Crippen molar-refractivity contribution in [2.24, 2.45) is 5.16 Å². The van der Waals surface area contributed by atoms with Gasteiger partial charge >= 0.3 is 45.8 Å². The molecule has 2 heterocycles. The van der Waals surface area contributed by atoms with Gasteiger partial charge in [0.25, 0.3) is 11.8 Å². The van der Waals surface area contributed by atoms with Crippen molar-refractivity contribution in [3.05, 3.63) is 11.1 Å². The summed E-state index contributed by atoms with van der Waals surface area (Å²) in [6.45, 7) is 3.25. The first kappa shape index (κ1) is 29.2. The summed E-state index contributed by atoms with van der Waals surface area (Å²) in [7, 11) is -4.15. The average molecular weight is 536 g/mol. The van der Waals surface area contributed by atoms with Gasteiger partial charge in [0, 0.05) is 5.38 Å². The van der Waals surface area contributed by atoms with Crippen LogP contribution in [0.15, 0.2) is 10.5 Å². The second-order valence-corrected chi connectivity index (χ2v) is 8.76. The van der Waals surface area contributed by atoms with Crippen LogP contribution in [-0.4, -0.2) is 112 Å². The minimum absolute atomic E-state index is 0. The van der Waals surface area contributed by atoms with E-state index in [1.54, 1.807) is 13.8 Å². The summed E-state index contributed by atoms with van der Waals surface area (Å²) in [4.78, 5) is 57.4. The van der Waals surface area contributed by atoms with Crippen LogP contribution in [0.2, 0.25) is 0 Å². The molecule has 0 bridgehead atoms. The van der Waals surface area contributed by atoms with Gasteiger partial charge in [0.05, 0.1) is 7.11 Å². The van der Waals surface area contributed by atoms with E-state index in [1.807, 2.05) is 0 Å². The molecule has 2 rings (SSSR count). The molecule has 0 aromatic carbocycles. The number of ether oxygens (including phenoxy) is 1. The number of amides is 3. The zero-order chi connectivity index (χ0) is 24.2. The molecule has 0 saturated carbocycles. The van der Waals surface area contributed by atoms with E-state index >= 15 is 0 Å². The van der Waals surface area contributed by atoms with Crippen molar-refractivity contribution in [2.75, 3.05) is 18.3 Å². The molecule has 1 fully saturated rings. The summed E-state index contributed by atoms with van der Waals surface area (Å²) >= 11 is 6.36. The molecular formula is C15H19ClN5NaO9S2. The van der Waals surface area contributed by atoms with Crippen LogP contribution in [0, 0.1) is 0 Å². The van der Waals surface area contributed by atoms with Crippen molar-refractivity contribution in [2.45, 2.75) is 32.0 Å². The van der Waals surface area contributed by atoms with E-state index < -0.39 is 57.9 Å². The maximum absolute atomic E-state index is 12.8. The van der Waals surface area contributed by atoms with Crippen molar-refractivity contribution in [1.29, 1.82) is 0 Å². The standard InChI is InChI=1S/C15H18ClN5O9S2.Na.H/c1-6(2)30-20-9(7-5-31-15(17-7)18-8(22)4-16)12(23)19-10-11(14(25)29-3)21(13(10)24)32(26,27)28;;/h5-6,10-11H,4H2,1-3H3,(H,19,23)(H,17,18,22)(H,26,27,28);;/b20-9-;;. The fraction of sp³-hybridized carbons (Fsp3) is 0.467. The van der Waals surface area contributed by atoms with Gasteiger partial charge in [-0.3, -0.25) is 18.9 Å². The molecule has 3 N–H and O–H groups in total. The molecular weight excluding hydrogens is 517 g/mol. The summed E-state index contributed by atoms with van der Waals surface area (Å²) in [6.07, 6.45) is -0.449. The van der Waals surface area contributed by atoms with E-state index in [-0.39, 0.29) is 50.6 Å². The Kier molecular flexibility index (Phi) is 10.7. The number of nitrogens with one attached hydrogen (secondary N) is 2. The first-order chi connectivity index (χ1) is 14.9. The van der Waals surface area contributed by atoms with Gasteiger partial charge in [-0.25, -0.2) is 9.78 Å². The minimum atomic E-state index is -5.08. The normalized spacial score (nSPS) is 18.2. The number of thiazole rings is 1. The number of halogens is 1. The Morgan fingerprint density at radius 3 is 2.55 bits per heavy atom. The number of carbonyl (C=O) groups excluding carboxylic acids is 4. The van der Waals surface area contributed by atoms with Crippen LogP contribution >= 0.6 is 22.9 Å². The van der Waals surface area contributed by atoms with Gasteiger partial charge in [0.1, 0.15) is 23.7 Å². The van der Waals surface area contributed by atoms with Gasteiger partial charge in [0.2, 0.25) is 5.91 Å². The number of alkyl halides is 1. The van der Waals surface area contributed by atoms with Crippen molar-refractivity contribution in [1.82, 2.24) is 14.6 Å². The molecule has 2 atom stereocenters. The number of rotatable bonds is 9. The van der Waals surface area contributed by atoms with Crippen molar-refractivity contribution >= 4 is 97.3 Å². The van der Waals surface area contributed by atoms with Crippen LogP contribution in [0.3, 0.4) is 0 Å². The van der Waals surface area contributed by atoms with E-state index in [0.717, 1.165) is 18.4 Å². The Hall–Kier alpha value is -1.82. The summed E-state index contributed by atoms with van der Waals surface area (Å²) < 4.78 is 36.2. The Bertz CT molecular complexity index is 1060. The van der Waals surface area contributed by atoms with Crippen LogP contribution < -0.4 is 10.6 Å². The number of carbonyl (C=O) groups is 4. The molecule has 18 heteroatoms. The fourth-order valence-corrected chi connectivity index (χ4v) is 3.99. The van der Waals surface area contributed by atoms with Gasteiger partial charge in [-0.05, 0) is 13.8 Å². The Labute approximate surface area is 219 Å². The molecule has 0 aliphatic carbocycles. The summed E-state index contributed by atoms with van der Waals surface area (Å²) in [5, 5.41) is 9.70. The molecule has 14 nitrogen and oxygen atoms in total. The number of methoxy groups -OCH3 is 1. The molecule has 1 aliphatic rings. The zero-order valence-electron chi connectivity index (χ0n) is 16.8. The molecule has 2 unspecified atom stereocenters. The van der Waals surface area contributed by atoms with Crippen molar-refractivity contribution in [3.8, 4) is 0 Å². The predicted molar refractivity (Wildman–Crippen MR) is 118 cm³/mol. The van der Waals surface area contributed by atoms with Gasteiger partial charge in [-0.15, -0.1) is 22.9 Å². The number of hydrogen-bond donors (Lipinski definition) is 3. The predicted octanol–water partition coefficient (Wildman–Crippen LogP) is -1.53. The first-order valence-corrected chi connectivity index (χ1v) is 11.5. The van der Waals surface area contributed by atoms with E-state index in [0.29, 0.717) is 0 Å². The Morgan fingerprint density at radius 2 is 2.03 bits per heavy atom. The fourth-order valence-electron chi connectivity index (χ4n) is 2.38. The number of aromatic nitrogens is 1. The summed E-state index contributed by atoms with van der Waals surface area (Å²) in [6, 6.07) is -3.50. The van der Waals surface area contributed by atoms with Crippen LogP contribution in [0.5, 0.6) is 0 Å². The molecule has 0 radical (unpaired) electrons. The molecule has 1 aromatic heterocycles. The van der Waals surface area contributed by atoms with Gasteiger partial charge in [-0.2, -0.15) is 12.7 Å². The Balaban J connectivity index is 0.00000544. The van der Waals surface area contributed by atoms with Crippen LogP contribution in [0.25, 0.3) is 0 Å². The maximum atomic E-state index is 12.8. The van der Waals surface area contributed by atoms with Crippen LogP contribution in [0.4, 0.5) is 5.13 Å². The van der Waals surface area contributed by atoms with Crippen molar-refractivity contribution in [3.63, 3.8) is 0 Å². The van der Waals surface area contributed by atoms with E-state index in [9.17, 15) is 27.6 Å². The van der Waals surface area contributed by atoms with E-state index in [1.165, 1.54) is 5.38 Å². The molecule has 1 saturated heterocycles. The third-order valence-corrected chi connectivity index (χ3v) is 5.62. The van der Waals surface area contributed by atoms with Crippen LogP contribution in [0.1, 0.15) is 19.5 Å². The summed E-state index contributed by atoms with van der Waals surface area (Å²) in [5.41, 5.74) is -0.478. The first-order valence-electron chi connectivity index (χ1n) is 8.65. The molecule has 1 aromatic rings. The average Bonchev–Trinajstić information content (AvgIpc) is 3.15. The number of nitrogens with zero attached hydrogens (tertiary/aromatic N) is 3. The van der Waals surface area contributed by atoms with E-state index in [2.05, 4.69) is 25.5 Å². The molecule has 3 amide bonds. The molecule has 33 heavy (non-hydrogen) atoms. The molecule has 1 aliphatic heterocycles. The van der Waals surface area contributed by atoms with Crippen molar-refractivity contribution < 1.29 is 41.7 Å². The molecule has 178 valence electrons. The SMILES string of the molecule is COC(=O)C1C(NC(=O)/C(=N\OC(C)C)c2csc(NC(=O)CCl)n2)C(=O)N1S(=O)(=O)O.[NaH]. The zero-order valence-corrected chi connectivity index (χ0v) is 19.2. The third kappa shape index (κ3) is 7.08. The topological polar surface area (TPSA) is 194 Å². The molecule has 0 spiro atoms. The number of oxime groups is 1. The monoisotopic (exact) mass is 535 g/mol. The summed E-state index contributed by atoms with van der Waals surface area (Å²) in [5.74, 6) is -4.37. The van der Waals surface area contributed by atoms with Crippen LogP contribution in [-0.2, 0) is 39.1 Å². The number of β-lactam (4-membered cyclic amide) rings is 1. The third-order valence-electron chi connectivity index (χ3n) is 3.71. The van der Waals surface area contributed by atoms with Gasteiger partial charge in [-0.1, -0.05) is 5.16 Å². The van der Waals surface area contributed by atoms with E-state index in [4.69, 9.17) is 21.0 Å². The number of hydrogen-bond acceptors (Lipinski definition) is 11. The Morgan fingerprint density at radius 1 is 1.39 bits per heavy atom. The van der Waals surface area contributed by atoms with Gasteiger partial charge < -0.3 is 20.2 Å². The van der Waals surface area contributed by atoms with Gasteiger partial charge in [0.15, 0.2) is 16.9 Å². The second-order valence-electron chi connectivity index (χ2n) is 6.34. The number of esters is 1. The number of anilines is 1.